The van der Waals surface area contributed by atoms with E-state index in [0.717, 1.165) is 31.9 Å². The highest BCUT2D eigenvalue weighted by Gasteiger charge is 2.19. The molecule has 1 aliphatic heterocycles. The summed E-state index contributed by atoms with van der Waals surface area (Å²) in [5.41, 5.74) is 1.10. The van der Waals surface area contributed by atoms with Gasteiger partial charge in [0.15, 0.2) is 0 Å². The molecule has 1 fully saturated rings. The Morgan fingerprint density at radius 3 is 2.39 bits per heavy atom. The molecule has 5 heteroatoms. The van der Waals surface area contributed by atoms with Crippen molar-refractivity contribution in [1.82, 2.24) is 4.90 Å². The van der Waals surface area contributed by atoms with E-state index in [-0.39, 0.29) is 11.7 Å². The molecular formula is C13H18N2O3. The Balaban J connectivity index is 1.86. The van der Waals surface area contributed by atoms with Crippen LogP contribution < -0.4 is 4.90 Å². The third kappa shape index (κ3) is 3.13. The van der Waals surface area contributed by atoms with Gasteiger partial charge in [-0.25, -0.2) is 0 Å². The van der Waals surface area contributed by atoms with Gasteiger partial charge < -0.3 is 14.7 Å². The van der Waals surface area contributed by atoms with Crippen molar-refractivity contribution in [3.05, 3.63) is 24.3 Å². The molecule has 0 amide bonds. The first kappa shape index (κ1) is 12.7. The van der Waals surface area contributed by atoms with Crippen LogP contribution in [-0.2, 0) is 9.53 Å². The number of carbonyl (C=O) groups is 1. The van der Waals surface area contributed by atoms with Crippen LogP contribution in [0.4, 0.5) is 5.69 Å². The van der Waals surface area contributed by atoms with Gasteiger partial charge in [-0.05, 0) is 24.3 Å². The first-order valence-corrected chi connectivity index (χ1v) is 6.02. The second-order valence-electron chi connectivity index (χ2n) is 4.36. The molecule has 1 heterocycles. The molecule has 0 aliphatic carbocycles. The Morgan fingerprint density at radius 1 is 1.22 bits per heavy atom. The fourth-order valence-electron chi connectivity index (χ4n) is 2.07. The van der Waals surface area contributed by atoms with Gasteiger partial charge in [0.2, 0.25) is 0 Å². The number of ether oxygens (including phenoxy) is 1. The van der Waals surface area contributed by atoms with E-state index in [2.05, 4.69) is 14.5 Å². The average molecular weight is 250 g/mol. The predicted octanol–water partition coefficient (Wildman–Crippen LogP) is 0.687. The number of phenols is 1. The summed E-state index contributed by atoms with van der Waals surface area (Å²) in [5.74, 6) is 0.0937. The number of hydrogen-bond acceptors (Lipinski definition) is 5. The lowest BCUT2D eigenvalue weighted by molar-refractivity contribution is -0.142. The maximum Gasteiger partial charge on any atom is 0.319 e. The second-order valence-corrected chi connectivity index (χ2v) is 4.36. The summed E-state index contributed by atoms with van der Waals surface area (Å²) in [5, 5.41) is 9.25. The molecule has 0 spiro atoms. The molecule has 1 aromatic carbocycles. The lowest BCUT2D eigenvalue weighted by atomic mass is 10.2. The quantitative estimate of drug-likeness (QED) is 0.800. The van der Waals surface area contributed by atoms with E-state index in [0.29, 0.717) is 6.54 Å². The number of esters is 1. The summed E-state index contributed by atoms with van der Waals surface area (Å²) < 4.78 is 4.66. The van der Waals surface area contributed by atoms with Gasteiger partial charge >= 0.3 is 5.97 Å². The van der Waals surface area contributed by atoms with Gasteiger partial charge in [-0.1, -0.05) is 0 Å². The number of phenolic OH excluding ortho intramolecular Hbond substituents is 1. The minimum absolute atomic E-state index is 0.187. The molecule has 98 valence electrons. The van der Waals surface area contributed by atoms with Crippen molar-refractivity contribution in [1.29, 1.82) is 0 Å². The minimum Gasteiger partial charge on any atom is -0.508 e. The molecule has 1 saturated heterocycles. The summed E-state index contributed by atoms with van der Waals surface area (Å²) in [6.07, 6.45) is 0. The SMILES string of the molecule is COC(=O)CN1CCN(c2ccc(O)cc2)CC1. The molecule has 0 radical (unpaired) electrons. The van der Waals surface area contributed by atoms with Crippen LogP contribution in [0, 0.1) is 0 Å². The van der Waals surface area contributed by atoms with Gasteiger partial charge in [0.25, 0.3) is 0 Å². The lowest BCUT2D eigenvalue weighted by Gasteiger charge is -2.35. The maximum atomic E-state index is 11.2. The zero-order valence-electron chi connectivity index (χ0n) is 10.5. The van der Waals surface area contributed by atoms with Crippen molar-refractivity contribution in [2.75, 3.05) is 44.7 Å². The van der Waals surface area contributed by atoms with Crippen LogP contribution in [0.1, 0.15) is 0 Å². The standard InChI is InChI=1S/C13H18N2O3/c1-18-13(17)10-14-6-8-15(9-7-14)11-2-4-12(16)5-3-11/h2-5,16H,6-10H2,1H3. The molecule has 18 heavy (non-hydrogen) atoms. The Labute approximate surface area is 107 Å². The smallest absolute Gasteiger partial charge is 0.319 e. The average Bonchev–Trinajstić information content (AvgIpc) is 2.40. The van der Waals surface area contributed by atoms with Crippen molar-refractivity contribution in [3.63, 3.8) is 0 Å². The topological polar surface area (TPSA) is 53.0 Å². The molecule has 0 aromatic heterocycles. The monoisotopic (exact) mass is 250 g/mol. The predicted molar refractivity (Wildman–Crippen MR) is 68.8 cm³/mol. The van der Waals surface area contributed by atoms with E-state index < -0.39 is 0 Å². The molecule has 0 unspecified atom stereocenters. The van der Waals surface area contributed by atoms with E-state index in [1.165, 1.54) is 7.11 Å². The van der Waals surface area contributed by atoms with E-state index >= 15 is 0 Å². The summed E-state index contributed by atoms with van der Waals surface area (Å²) >= 11 is 0. The highest BCUT2D eigenvalue weighted by atomic mass is 16.5. The summed E-state index contributed by atoms with van der Waals surface area (Å²) in [6.45, 7) is 3.80. The molecule has 0 atom stereocenters. The van der Waals surface area contributed by atoms with Gasteiger partial charge in [-0.3, -0.25) is 9.69 Å². The number of aromatic hydroxyl groups is 1. The third-order valence-corrected chi connectivity index (χ3v) is 3.17. The van der Waals surface area contributed by atoms with E-state index in [1.807, 2.05) is 12.1 Å². The second kappa shape index (κ2) is 5.73. The van der Waals surface area contributed by atoms with Crippen molar-refractivity contribution in [3.8, 4) is 5.75 Å². The molecule has 1 N–H and O–H groups in total. The van der Waals surface area contributed by atoms with Crippen LogP contribution in [0.15, 0.2) is 24.3 Å². The van der Waals surface area contributed by atoms with Gasteiger partial charge in [0.1, 0.15) is 5.75 Å². The highest BCUT2D eigenvalue weighted by molar-refractivity contribution is 5.71. The minimum atomic E-state index is -0.187. The molecule has 5 nitrogen and oxygen atoms in total. The van der Waals surface area contributed by atoms with Gasteiger partial charge in [0, 0.05) is 31.9 Å². The number of rotatable bonds is 3. The van der Waals surface area contributed by atoms with Crippen molar-refractivity contribution in [2.24, 2.45) is 0 Å². The molecular weight excluding hydrogens is 232 g/mol. The highest BCUT2D eigenvalue weighted by Crippen LogP contribution is 2.19. The normalized spacial score (nSPS) is 16.6. The van der Waals surface area contributed by atoms with Crippen LogP contribution in [0.25, 0.3) is 0 Å². The van der Waals surface area contributed by atoms with Crippen LogP contribution in [0.3, 0.4) is 0 Å². The van der Waals surface area contributed by atoms with Gasteiger partial charge in [-0.2, -0.15) is 0 Å². The van der Waals surface area contributed by atoms with Crippen molar-refractivity contribution in [2.45, 2.75) is 0 Å². The fraction of sp³-hybridized carbons (Fsp3) is 0.462. The van der Waals surface area contributed by atoms with E-state index in [4.69, 9.17) is 0 Å². The summed E-state index contributed by atoms with van der Waals surface area (Å²) in [4.78, 5) is 15.5. The first-order valence-electron chi connectivity index (χ1n) is 6.02. The Morgan fingerprint density at radius 2 is 1.83 bits per heavy atom. The fourth-order valence-corrected chi connectivity index (χ4v) is 2.07. The molecule has 1 aliphatic rings. The molecule has 0 saturated carbocycles. The zero-order valence-corrected chi connectivity index (χ0v) is 10.5. The van der Waals surface area contributed by atoms with Crippen LogP contribution in [0.2, 0.25) is 0 Å². The van der Waals surface area contributed by atoms with Crippen LogP contribution in [0.5, 0.6) is 5.75 Å². The van der Waals surface area contributed by atoms with Crippen LogP contribution >= 0.6 is 0 Å². The Hall–Kier alpha value is -1.75. The Kier molecular flexibility index (Phi) is 4.04. The Bertz CT molecular complexity index is 397. The number of hydrogen-bond donors (Lipinski definition) is 1. The number of piperazine rings is 1. The van der Waals surface area contributed by atoms with E-state index in [1.54, 1.807) is 12.1 Å². The number of methoxy groups -OCH3 is 1. The van der Waals surface area contributed by atoms with E-state index in [9.17, 15) is 9.90 Å². The molecule has 0 bridgehead atoms. The van der Waals surface area contributed by atoms with Crippen molar-refractivity contribution >= 4 is 11.7 Å². The van der Waals surface area contributed by atoms with Crippen LogP contribution in [-0.4, -0.2) is 55.8 Å². The van der Waals surface area contributed by atoms with Gasteiger partial charge in [-0.15, -0.1) is 0 Å². The number of benzene rings is 1. The number of nitrogens with zero attached hydrogens (tertiary/aromatic N) is 2. The largest absolute Gasteiger partial charge is 0.508 e. The zero-order chi connectivity index (χ0) is 13.0. The third-order valence-electron chi connectivity index (χ3n) is 3.17. The molecule has 2 rings (SSSR count). The lowest BCUT2D eigenvalue weighted by Crippen LogP contribution is -2.48. The number of carbonyl (C=O) groups excluding carboxylic acids is 1. The van der Waals surface area contributed by atoms with Crippen molar-refractivity contribution < 1.29 is 14.6 Å². The first-order chi connectivity index (χ1) is 8.69. The maximum absolute atomic E-state index is 11.2. The molecule has 1 aromatic rings. The summed E-state index contributed by atoms with van der Waals surface area (Å²) in [6, 6.07) is 7.20. The summed E-state index contributed by atoms with van der Waals surface area (Å²) in [7, 11) is 1.41. The number of anilines is 1. The van der Waals surface area contributed by atoms with Gasteiger partial charge in [0.05, 0.1) is 13.7 Å².